The molecule has 0 fully saturated rings. The van der Waals surface area contributed by atoms with Crippen molar-refractivity contribution in [1.29, 1.82) is 0 Å². The van der Waals surface area contributed by atoms with Gasteiger partial charge in [0.2, 0.25) is 0 Å². The Kier molecular flexibility index (Phi) is 6.84. The Morgan fingerprint density at radius 2 is 1.44 bits per heavy atom. The molecule has 190 valence electrons. The first-order valence-electron chi connectivity index (χ1n) is 12.5. The molecule has 0 bridgehead atoms. The molecule has 6 aromatic rings. The minimum atomic E-state index is 0. The van der Waals surface area contributed by atoms with Crippen molar-refractivity contribution in [3.63, 3.8) is 0 Å². The van der Waals surface area contributed by atoms with Crippen molar-refractivity contribution in [2.24, 2.45) is 0 Å². The van der Waals surface area contributed by atoms with Gasteiger partial charge in [0.25, 0.3) is 0 Å². The number of rotatable bonds is 4. The average molecular weight is 702 g/mol. The zero-order valence-corrected chi connectivity index (χ0v) is 24.4. The van der Waals surface area contributed by atoms with Gasteiger partial charge >= 0.3 is 21.1 Å². The van der Waals surface area contributed by atoms with Crippen molar-refractivity contribution in [1.82, 2.24) is 9.97 Å². The minimum absolute atomic E-state index is 0. The van der Waals surface area contributed by atoms with E-state index >= 15 is 0 Å². The van der Waals surface area contributed by atoms with E-state index in [1.807, 2.05) is 43.5 Å². The van der Waals surface area contributed by atoms with Crippen molar-refractivity contribution in [2.45, 2.75) is 23.6 Å². The summed E-state index contributed by atoms with van der Waals surface area (Å²) in [7, 11) is 0. The number of ether oxygens (including phenoxy) is 1. The van der Waals surface area contributed by atoms with Crippen LogP contribution in [0.25, 0.3) is 44.4 Å². The van der Waals surface area contributed by atoms with Crippen LogP contribution in [0.3, 0.4) is 0 Å². The minimum Gasteiger partial charge on any atom is -0.497 e. The predicted octanol–water partition coefficient (Wildman–Crippen LogP) is 9.10. The second-order valence-corrected chi connectivity index (χ2v) is 10.5. The van der Waals surface area contributed by atoms with E-state index in [0.717, 1.165) is 38.5 Å². The third-order valence-corrected chi connectivity index (χ3v) is 7.84. The Hall–Kier alpha value is -3.72. The van der Waals surface area contributed by atoms with Gasteiger partial charge in [-0.05, 0) is 40.4 Å². The smallest absolute Gasteiger partial charge is 0.497 e. The van der Waals surface area contributed by atoms with Crippen LogP contribution in [0, 0.1) is 26.0 Å². The summed E-state index contributed by atoms with van der Waals surface area (Å²) < 4.78 is 6.34. The predicted molar refractivity (Wildman–Crippen MR) is 154 cm³/mol. The van der Waals surface area contributed by atoms with E-state index < -0.39 is 0 Å². The molecule has 4 aromatic carbocycles. The monoisotopic (exact) mass is 701 g/mol. The molecule has 3 heterocycles. The summed E-state index contributed by atoms with van der Waals surface area (Å²) in [4.78, 5) is 11.7. The number of hydrogen-bond donors (Lipinski definition) is 0. The number of fused-ring (bicyclic) bond motifs is 2. The molecule has 0 aliphatic carbocycles. The maximum Gasteiger partial charge on any atom is 2.00 e. The fourth-order valence-corrected chi connectivity index (χ4v) is 6.30. The number of aryl methyl sites for hydroxylation is 2. The maximum atomic E-state index is 6.34. The summed E-state index contributed by atoms with van der Waals surface area (Å²) in [6.45, 7) is 4.12. The van der Waals surface area contributed by atoms with Gasteiger partial charge in [-0.3, -0.25) is 0 Å². The SMILES string of the molecule is Cc1cc(Oc2[c-]c(-c3nccc4c3Sc3cccc5cccc-4c35)cc(C)c2)[c-]c(-c2ccccn2)c1.[Pt+2]. The summed E-state index contributed by atoms with van der Waals surface area (Å²) in [5.74, 6) is 1.27. The molecule has 7 rings (SSSR count). The second kappa shape index (κ2) is 10.4. The molecular formula is C34H22N2OPtS. The van der Waals surface area contributed by atoms with Gasteiger partial charge in [-0.2, -0.15) is 0 Å². The van der Waals surface area contributed by atoms with E-state index in [1.165, 1.54) is 26.8 Å². The summed E-state index contributed by atoms with van der Waals surface area (Å²) in [5, 5.41) is 2.56. The first kappa shape index (κ1) is 25.6. The van der Waals surface area contributed by atoms with E-state index in [2.05, 4.69) is 78.6 Å². The van der Waals surface area contributed by atoms with Crippen LogP contribution < -0.4 is 4.74 Å². The van der Waals surface area contributed by atoms with E-state index in [9.17, 15) is 0 Å². The van der Waals surface area contributed by atoms with Crippen LogP contribution in [-0.2, 0) is 21.1 Å². The summed E-state index contributed by atoms with van der Waals surface area (Å²) in [6.07, 6.45) is 3.68. The standard InChI is InChI=1S/C34H22N2OS.Pt/c1-21-15-24(30-10-3-4-13-35-30)19-26(17-21)37-27-18-22(2)16-25(20-27)33-34-29(12-14-36-33)28-9-5-7-23-8-6-11-31(38-34)32(23)28;/h3-18H,1-2H3;/q-2;+2. The molecule has 0 amide bonds. The zero-order valence-electron chi connectivity index (χ0n) is 21.3. The molecule has 0 saturated carbocycles. The van der Waals surface area contributed by atoms with Crippen molar-refractivity contribution in [2.75, 3.05) is 0 Å². The van der Waals surface area contributed by atoms with E-state index in [4.69, 9.17) is 9.72 Å². The van der Waals surface area contributed by atoms with Gasteiger partial charge < -0.3 is 14.7 Å². The zero-order chi connectivity index (χ0) is 25.6. The molecule has 3 nitrogen and oxygen atoms in total. The summed E-state index contributed by atoms with van der Waals surface area (Å²) in [5.41, 5.74) is 8.19. The van der Waals surface area contributed by atoms with Gasteiger partial charge in [0.15, 0.2) is 0 Å². The van der Waals surface area contributed by atoms with E-state index in [0.29, 0.717) is 11.5 Å². The van der Waals surface area contributed by atoms with Crippen LogP contribution in [0.4, 0.5) is 0 Å². The quantitative estimate of drug-likeness (QED) is 0.172. The molecule has 39 heavy (non-hydrogen) atoms. The van der Waals surface area contributed by atoms with Gasteiger partial charge in [-0.1, -0.05) is 92.3 Å². The Morgan fingerprint density at radius 3 is 2.21 bits per heavy atom. The number of aromatic nitrogens is 2. The molecule has 1 aliphatic heterocycles. The summed E-state index contributed by atoms with van der Waals surface area (Å²) in [6, 6.07) is 36.0. The molecular weight excluding hydrogens is 680 g/mol. The fourth-order valence-electron chi connectivity index (χ4n) is 5.06. The van der Waals surface area contributed by atoms with Gasteiger partial charge in [-0.25, -0.2) is 0 Å². The molecule has 1 aliphatic rings. The molecule has 0 atom stereocenters. The Balaban J connectivity index is 0.00000277. The van der Waals surface area contributed by atoms with Gasteiger partial charge in [0.05, 0.1) is 0 Å². The van der Waals surface area contributed by atoms with Crippen LogP contribution in [0.5, 0.6) is 11.5 Å². The molecule has 5 heteroatoms. The Labute approximate surface area is 246 Å². The molecule has 0 N–H and O–H groups in total. The third kappa shape index (κ3) is 4.80. The second-order valence-electron chi connectivity index (χ2n) is 9.49. The van der Waals surface area contributed by atoms with Gasteiger partial charge in [0.1, 0.15) is 0 Å². The number of nitrogens with zero attached hydrogens (tertiary/aromatic N) is 2. The molecule has 2 aromatic heterocycles. The average Bonchev–Trinajstić information content (AvgIpc) is 2.93. The number of benzene rings is 4. The number of hydrogen-bond acceptors (Lipinski definition) is 4. The van der Waals surface area contributed by atoms with Crippen molar-refractivity contribution in [3.8, 4) is 45.1 Å². The molecule has 0 radical (unpaired) electrons. The normalized spacial score (nSPS) is 11.5. The van der Waals surface area contributed by atoms with Crippen LogP contribution in [-0.4, -0.2) is 9.97 Å². The van der Waals surface area contributed by atoms with Crippen LogP contribution in [0.1, 0.15) is 11.1 Å². The van der Waals surface area contributed by atoms with Crippen LogP contribution in [0.15, 0.2) is 107 Å². The molecule has 0 saturated heterocycles. The molecule has 0 unspecified atom stereocenters. The van der Waals surface area contributed by atoms with E-state index in [1.54, 1.807) is 18.0 Å². The maximum absolute atomic E-state index is 6.34. The Bertz CT molecular complexity index is 1850. The van der Waals surface area contributed by atoms with Crippen molar-refractivity contribution in [3.05, 3.63) is 121 Å². The first-order valence-corrected chi connectivity index (χ1v) is 13.3. The Morgan fingerprint density at radius 1 is 0.692 bits per heavy atom. The first-order chi connectivity index (χ1) is 18.6. The third-order valence-electron chi connectivity index (χ3n) is 6.67. The van der Waals surface area contributed by atoms with Gasteiger partial charge in [0, 0.05) is 44.8 Å². The summed E-state index contributed by atoms with van der Waals surface area (Å²) >= 11 is 1.78. The van der Waals surface area contributed by atoms with Gasteiger partial charge in [-0.15, -0.1) is 34.4 Å². The van der Waals surface area contributed by atoms with Crippen LogP contribution in [0.2, 0.25) is 0 Å². The van der Waals surface area contributed by atoms with E-state index in [-0.39, 0.29) is 21.1 Å². The largest absolute Gasteiger partial charge is 2.00 e. The molecule has 0 spiro atoms. The fraction of sp³-hybridized carbons (Fsp3) is 0.0588. The number of pyridine rings is 2. The van der Waals surface area contributed by atoms with Crippen LogP contribution >= 0.6 is 11.8 Å². The topological polar surface area (TPSA) is 35.0 Å². The van der Waals surface area contributed by atoms with Crippen molar-refractivity contribution < 1.29 is 25.8 Å². The van der Waals surface area contributed by atoms with Crippen molar-refractivity contribution >= 4 is 22.5 Å².